The van der Waals surface area contributed by atoms with E-state index >= 15 is 0 Å². The van der Waals surface area contributed by atoms with Gasteiger partial charge in [-0.05, 0) is 19.3 Å². The standard InChI is InChI=1S/C14H26O3/c1-2-3-5-10-13(15)11-17-14(16)12-8-6-4-7-9-12/h12-13,15H,2-11H2,1H3. The molecule has 0 aliphatic heterocycles. The van der Waals surface area contributed by atoms with Gasteiger partial charge in [-0.3, -0.25) is 4.79 Å². The fourth-order valence-electron chi connectivity index (χ4n) is 2.35. The lowest BCUT2D eigenvalue weighted by Gasteiger charge is -2.20. The third-order valence-electron chi connectivity index (χ3n) is 3.50. The minimum absolute atomic E-state index is 0.0894. The normalized spacial score (nSPS) is 18.9. The first-order valence-electron chi connectivity index (χ1n) is 7.08. The Hall–Kier alpha value is -0.570. The van der Waals surface area contributed by atoms with Gasteiger partial charge in [0.25, 0.3) is 0 Å². The molecule has 17 heavy (non-hydrogen) atoms. The molecule has 0 amide bonds. The average molecular weight is 242 g/mol. The van der Waals surface area contributed by atoms with E-state index in [1.54, 1.807) is 0 Å². The summed E-state index contributed by atoms with van der Waals surface area (Å²) in [5, 5.41) is 9.65. The molecule has 0 saturated heterocycles. The van der Waals surface area contributed by atoms with Crippen LogP contribution in [0.25, 0.3) is 0 Å². The maximum atomic E-state index is 11.7. The Kier molecular flexibility index (Phi) is 7.25. The summed E-state index contributed by atoms with van der Waals surface area (Å²) in [6, 6.07) is 0. The van der Waals surface area contributed by atoms with Crippen molar-refractivity contribution >= 4 is 5.97 Å². The molecule has 1 rings (SSSR count). The summed E-state index contributed by atoms with van der Waals surface area (Å²) in [6.45, 7) is 2.31. The molecule has 0 bridgehead atoms. The smallest absolute Gasteiger partial charge is 0.309 e. The average Bonchev–Trinajstić information content (AvgIpc) is 2.37. The molecule has 1 aliphatic carbocycles. The molecule has 1 fully saturated rings. The van der Waals surface area contributed by atoms with Crippen LogP contribution in [0.4, 0.5) is 0 Å². The van der Waals surface area contributed by atoms with Crippen LogP contribution in [0.1, 0.15) is 64.7 Å². The SMILES string of the molecule is CCCCCC(O)COC(=O)C1CCCCC1. The number of hydrogen-bond acceptors (Lipinski definition) is 3. The van der Waals surface area contributed by atoms with E-state index in [2.05, 4.69) is 6.92 Å². The van der Waals surface area contributed by atoms with Crippen LogP contribution in [-0.2, 0) is 9.53 Å². The molecule has 3 nitrogen and oxygen atoms in total. The predicted octanol–water partition coefficient (Wildman–Crippen LogP) is 3.05. The van der Waals surface area contributed by atoms with E-state index < -0.39 is 6.10 Å². The van der Waals surface area contributed by atoms with E-state index in [0.717, 1.165) is 51.4 Å². The van der Waals surface area contributed by atoms with Crippen molar-refractivity contribution < 1.29 is 14.6 Å². The van der Waals surface area contributed by atoms with Gasteiger partial charge >= 0.3 is 5.97 Å². The van der Waals surface area contributed by atoms with Crippen LogP contribution in [0.5, 0.6) is 0 Å². The molecule has 100 valence electrons. The van der Waals surface area contributed by atoms with Crippen molar-refractivity contribution in [1.82, 2.24) is 0 Å². The van der Waals surface area contributed by atoms with Crippen LogP contribution in [0.3, 0.4) is 0 Å². The molecule has 0 spiro atoms. The highest BCUT2D eigenvalue weighted by Crippen LogP contribution is 2.24. The van der Waals surface area contributed by atoms with Crippen LogP contribution in [0, 0.1) is 5.92 Å². The Morgan fingerprint density at radius 1 is 1.29 bits per heavy atom. The molecule has 3 heteroatoms. The van der Waals surface area contributed by atoms with Gasteiger partial charge in [-0.25, -0.2) is 0 Å². The fourth-order valence-corrected chi connectivity index (χ4v) is 2.35. The zero-order valence-electron chi connectivity index (χ0n) is 11.0. The van der Waals surface area contributed by atoms with Gasteiger partial charge in [0.05, 0.1) is 12.0 Å². The molecule has 0 radical (unpaired) electrons. The molecular formula is C14H26O3. The highest BCUT2D eigenvalue weighted by Gasteiger charge is 2.22. The maximum absolute atomic E-state index is 11.7. The van der Waals surface area contributed by atoms with Crippen molar-refractivity contribution in [2.75, 3.05) is 6.61 Å². The minimum atomic E-state index is -0.478. The van der Waals surface area contributed by atoms with Crippen molar-refractivity contribution in [2.24, 2.45) is 5.92 Å². The monoisotopic (exact) mass is 242 g/mol. The van der Waals surface area contributed by atoms with E-state index in [1.165, 1.54) is 6.42 Å². The first kappa shape index (κ1) is 14.5. The molecule has 0 heterocycles. The van der Waals surface area contributed by atoms with Gasteiger partial charge in [0, 0.05) is 0 Å². The second kappa shape index (κ2) is 8.51. The summed E-state index contributed by atoms with van der Waals surface area (Å²) >= 11 is 0. The van der Waals surface area contributed by atoms with Crippen LogP contribution in [0.2, 0.25) is 0 Å². The number of unbranched alkanes of at least 4 members (excludes halogenated alkanes) is 2. The number of carbonyl (C=O) groups excluding carboxylic acids is 1. The maximum Gasteiger partial charge on any atom is 0.309 e. The van der Waals surface area contributed by atoms with Crippen molar-refractivity contribution in [2.45, 2.75) is 70.8 Å². The lowest BCUT2D eigenvalue weighted by Crippen LogP contribution is -2.25. The quantitative estimate of drug-likeness (QED) is 0.551. The van der Waals surface area contributed by atoms with E-state index in [9.17, 15) is 9.90 Å². The Bertz CT molecular complexity index is 210. The summed E-state index contributed by atoms with van der Waals surface area (Å²) in [7, 11) is 0. The lowest BCUT2D eigenvalue weighted by molar-refractivity contribution is -0.152. The van der Waals surface area contributed by atoms with Gasteiger partial charge in [-0.15, -0.1) is 0 Å². The molecule has 0 aromatic rings. The number of rotatable bonds is 7. The molecule has 1 aliphatic rings. The second-order valence-electron chi connectivity index (χ2n) is 5.11. The topological polar surface area (TPSA) is 46.5 Å². The van der Waals surface area contributed by atoms with Gasteiger partial charge in [-0.1, -0.05) is 45.4 Å². The number of hydrogen-bond donors (Lipinski definition) is 1. The summed E-state index contributed by atoms with van der Waals surface area (Å²) in [5.41, 5.74) is 0. The molecule has 0 aromatic heterocycles. The van der Waals surface area contributed by atoms with E-state index in [-0.39, 0.29) is 18.5 Å². The highest BCUT2D eigenvalue weighted by molar-refractivity contribution is 5.72. The Morgan fingerprint density at radius 2 is 2.00 bits per heavy atom. The third-order valence-corrected chi connectivity index (χ3v) is 3.50. The van der Waals surface area contributed by atoms with E-state index in [0.29, 0.717) is 0 Å². The Morgan fingerprint density at radius 3 is 2.65 bits per heavy atom. The van der Waals surface area contributed by atoms with E-state index in [1.807, 2.05) is 0 Å². The number of aliphatic hydroxyl groups excluding tert-OH is 1. The van der Waals surface area contributed by atoms with Crippen LogP contribution >= 0.6 is 0 Å². The molecule has 0 aromatic carbocycles. The van der Waals surface area contributed by atoms with Crippen molar-refractivity contribution in [3.8, 4) is 0 Å². The Labute approximate surface area is 105 Å². The second-order valence-corrected chi connectivity index (χ2v) is 5.11. The van der Waals surface area contributed by atoms with Crippen LogP contribution in [-0.4, -0.2) is 23.8 Å². The van der Waals surface area contributed by atoms with Gasteiger partial charge in [-0.2, -0.15) is 0 Å². The van der Waals surface area contributed by atoms with Crippen molar-refractivity contribution in [3.05, 3.63) is 0 Å². The predicted molar refractivity (Wildman–Crippen MR) is 67.7 cm³/mol. The molecule has 1 unspecified atom stereocenters. The van der Waals surface area contributed by atoms with Crippen molar-refractivity contribution in [1.29, 1.82) is 0 Å². The number of aliphatic hydroxyl groups is 1. The van der Waals surface area contributed by atoms with Crippen LogP contribution < -0.4 is 0 Å². The highest BCUT2D eigenvalue weighted by atomic mass is 16.5. The van der Waals surface area contributed by atoms with E-state index in [4.69, 9.17) is 4.74 Å². The van der Waals surface area contributed by atoms with Crippen molar-refractivity contribution in [3.63, 3.8) is 0 Å². The summed E-state index contributed by atoms with van der Waals surface area (Å²) in [6.07, 6.45) is 9.00. The third kappa shape index (κ3) is 6.06. The Balaban J connectivity index is 2.09. The minimum Gasteiger partial charge on any atom is -0.463 e. The molecular weight excluding hydrogens is 216 g/mol. The summed E-state index contributed by atoms with van der Waals surface area (Å²) in [4.78, 5) is 11.7. The lowest BCUT2D eigenvalue weighted by atomic mass is 9.89. The first-order chi connectivity index (χ1) is 8.24. The zero-order valence-corrected chi connectivity index (χ0v) is 11.0. The molecule has 1 atom stereocenters. The van der Waals surface area contributed by atoms with Gasteiger partial charge in [0.1, 0.15) is 6.61 Å². The number of carbonyl (C=O) groups is 1. The fraction of sp³-hybridized carbons (Fsp3) is 0.929. The zero-order chi connectivity index (χ0) is 12.5. The molecule has 1 saturated carbocycles. The number of esters is 1. The summed E-state index contributed by atoms with van der Waals surface area (Å²) in [5.74, 6) is -0.00849. The van der Waals surface area contributed by atoms with Gasteiger partial charge < -0.3 is 9.84 Å². The summed E-state index contributed by atoms with van der Waals surface area (Å²) < 4.78 is 5.19. The first-order valence-corrected chi connectivity index (χ1v) is 7.08. The van der Waals surface area contributed by atoms with Gasteiger partial charge in [0.2, 0.25) is 0 Å². The van der Waals surface area contributed by atoms with Gasteiger partial charge in [0.15, 0.2) is 0 Å². The van der Waals surface area contributed by atoms with Crippen LogP contribution in [0.15, 0.2) is 0 Å². The molecule has 1 N–H and O–H groups in total. The largest absolute Gasteiger partial charge is 0.463 e. The number of ether oxygens (including phenoxy) is 1.